The largest absolute Gasteiger partial charge is 0.313 e. The molecule has 0 saturated carbocycles. The van der Waals surface area contributed by atoms with Gasteiger partial charge in [0.05, 0.1) is 0 Å². The minimum absolute atomic E-state index is 0.128. The summed E-state index contributed by atoms with van der Waals surface area (Å²) in [5.41, 5.74) is 2.35. The first-order valence-corrected chi connectivity index (χ1v) is 5.28. The second-order valence-corrected chi connectivity index (χ2v) is 4.15. The van der Waals surface area contributed by atoms with Crippen molar-refractivity contribution in [3.05, 3.63) is 34.9 Å². The molecule has 0 amide bonds. The summed E-state index contributed by atoms with van der Waals surface area (Å²) in [5.74, 6) is -2.73. The molecule has 0 radical (unpaired) electrons. The fourth-order valence-electron chi connectivity index (χ4n) is 1.93. The van der Waals surface area contributed by atoms with Crippen molar-refractivity contribution in [1.82, 2.24) is 5.32 Å². The van der Waals surface area contributed by atoms with Crippen LogP contribution in [0.4, 0.5) is 8.78 Å². The molecule has 1 aliphatic rings. The first kappa shape index (κ1) is 10.6. The summed E-state index contributed by atoms with van der Waals surface area (Å²) in [5, 5.41) is 3.27. The van der Waals surface area contributed by atoms with Gasteiger partial charge in [0, 0.05) is 19.0 Å². The number of nitrogens with one attached hydrogen (secondary N) is 1. The van der Waals surface area contributed by atoms with E-state index in [2.05, 4.69) is 5.32 Å². The van der Waals surface area contributed by atoms with Crippen LogP contribution in [-0.2, 0) is 18.9 Å². The fourth-order valence-corrected chi connectivity index (χ4v) is 1.93. The van der Waals surface area contributed by atoms with E-state index in [9.17, 15) is 8.78 Å². The lowest BCUT2D eigenvalue weighted by atomic mass is 9.99. The van der Waals surface area contributed by atoms with E-state index >= 15 is 0 Å². The second kappa shape index (κ2) is 3.89. The maximum Gasteiger partial charge on any atom is 0.270 e. The Balaban J connectivity index is 2.36. The highest BCUT2D eigenvalue weighted by Crippen LogP contribution is 2.29. The monoisotopic (exact) mass is 211 g/mol. The highest BCUT2D eigenvalue weighted by molar-refractivity contribution is 5.34. The van der Waals surface area contributed by atoms with Crippen LogP contribution < -0.4 is 5.32 Å². The molecule has 1 nitrogen and oxygen atoms in total. The van der Waals surface area contributed by atoms with Crippen LogP contribution in [0.15, 0.2) is 18.2 Å². The zero-order valence-corrected chi connectivity index (χ0v) is 8.82. The second-order valence-electron chi connectivity index (χ2n) is 4.15. The van der Waals surface area contributed by atoms with E-state index in [4.69, 9.17) is 0 Å². The summed E-state index contributed by atoms with van der Waals surface area (Å²) in [6.45, 7) is 2.71. The fraction of sp³-hybridized carbons (Fsp3) is 0.500. The predicted molar refractivity (Wildman–Crippen MR) is 56.0 cm³/mol. The SMILES string of the molecule is CC(F)(F)c1ccc2c(c1)CCCNC2. The first-order chi connectivity index (χ1) is 7.07. The van der Waals surface area contributed by atoms with Gasteiger partial charge in [0.2, 0.25) is 0 Å². The van der Waals surface area contributed by atoms with Gasteiger partial charge in [0.15, 0.2) is 0 Å². The number of hydrogen-bond donors (Lipinski definition) is 1. The highest BCUT2D eigenvalue weighted by Gasteiger charge is 2.25. The van der Waals surface area contributed by atoms with E-state index in [0.29, 0.717) is 0 Å². The number of rotatable bonds is 1. The molecule has 0 unspecified atom stereocenters. The van der Waals surface area contributed by atoms with Gasteiger partial charge in [-0.25, -0.2) is 8.78 Å². The number of alkyl halides is 2. The molecule has 3 heteroatoms. The van der Waals surface area contributed by atoms with E-state index in [1.54, 1.807) is 6.07 Å². The van der Waals surface area contributed by atoms with Crippen molar-refractivity contribution in [3.63, 3.8) is 0 Å². The van der Waals surface area contributed by atoms with Gasteiger partial charge in [0.25, 0.3) is 5.92 Å². The molecule has 0 fully saturated rings. The third kappa shape index (κ3) is 2.34. The third-order valence-corrected chi connectivity index (χ3v) is 2.83. The molecule has 1 heterocycles. The highest BCUT2D eigenvalue weighted by atomic mass is 19.3. The molecule has 0 spiro atoms. The van der Waals surface area contributed by atoms with Gasteiger partial charge >= 0.3 is 0 Å². The van der Waals surface area contributed by atoms with E-state index in [0.717, 1.165) is 44.0 Å². The van der Waals surface area contributed by atoms with Gasteiger partial charge in [-0.3, -0.25) is 0 Å². The molecule has 1 N–H and O–H groups in total. The lowest BCUT2D eigenvalue weighted by Crippen LogP contribution is -2.12. The molecular formula is C12H15F2N. The zero-order valence-electron chi connectivity index (χ0n) is 8.82. The Morgan fingerprint density at radius 2 is 2.07 bits per heavy atom. The molecule has 0 aromatic heterocycles. The van der Waals surface area contributed by atoms with Crippen molar-refractivity contribution >= 4 is 0 Å². The molecule has 1 aliphatic heterocycles. The van der Waals surface area contributed by atoms with Crippen LogP contribution in [0.25, 0.3) is 0 Å². The van der Waals surface area contributed by atoms with Crippen LogP contribution in [0.3, 0.4) is 0 Å². The lowest BCUT2D eigenvalue weighted by Gasteiger charge is -2.13. The summed E-state index contributed by atoms with van der Waals surface area (Å²) < 4.78 is 26.2. The maximum atomic E-state index is 13.1. The van der Waals surface area contributed by atoms with E-state index in [1.165, 1.54) is 6.07 Å². The van der Waals surface area contributed by atoms with E-state index in [1.807, 2.05) is 6.07 Å². The van der Waals surface area contributed by atoms with Crippen molar-refractivity contribution < 1.29 is 8.78 Å². The van der Waals surface area contributed by atoms with Gasteiger partial charge in [-0.05, 0) is 36.6 Å². The van der Waals surface area contributed by atoms with Crippen LogP contribution in [0.5, 0.6) is 0 Å². The molecule has 2 rings (SSSR count). The van der Waals surface area contributed by atoms with Gasteiger partial charge in [-0.15, -0.1) is 0 Å². The Morgan fingerprint density at radius 3 is 2.80 bits per heavy atom. The number of halogens is 2. The minimum atomic E-state index is -2.73. The molecule has 1 aromatic rings. The van der Waals surface area contributed by atoms with Crippen molar-refractivity contribution in [2.75, 3.05) is 6.54 Å². The van der Waals surface area contributed by atoms with Crippen molar-refractivity contribution in [2.45, 2.75) is 32.2 Å². The Labute approximate surface area is 88.5 Å². The topological polar surface area (TPSA) is 12.0 Å². The average molecular weight is 211 g/mol. The number of hydrogen-bond acceptors (Lipinski definition) is 1. The molecule has 0 bridgehead atoms. The quantitative estimate of drug-likeness (QED) is 0.753. The smallest absolute Gasteiger partial charge is 0.270 e. The molecule has 0 aliphatic carbocycles. The summed E-state index contributed by atoms with van der Waals surface area (Å²) in [6, 6.07) is 5.01. The van der Waals surface area contributed by atoms with Crippen molar-refractivity contribution in [2.24, 2.45) is 0 Å². The number of fused-ring (bicyclic) bond motifs is 1. The van der Waals surface area contributed by atoms with Crippen LogP contribution >= 0.6 is 0 Å². The van der Waals surface area contributed by atoms with E-state index < -0.39 is 5.92 Å². The van der Waals surface area contributed by atoms with Crippen LogP contribution in [-0.4, -0.2) is 6.54 Å². The molecule has 1 aromatic carbocycles. The Bertz CT molecular complexity index is 355. The molecule has 15 heavy (non-hydrogen) atoms. The minimum Gasteiger partial charge on any atom is -0.313 e. The summed E-state index contributed by atoms with van der Waals surface area (Å²) >= 11 is 0. The first-order valence-electron chi connectivity index (χ1n) is 5.28. The number of benzene rings is 1. The Morgan fingerprint density at radius 1 is 1.27 bits per heavy atom. The van der Waals surface area contributed by atoms with Gasteiger partial charge in [0.1, 0.15) is 0 Å². The van der Waals surface area contributed by atoms with Crippen LogP contribution in [0, 0.1) is 0 Å². The molecule has 0 atom stereocenters. The maximum absolute atomic E-state index is 13.1. The summed E-state index contributed by atoms with van der Waals surface area (Å²) in [4.78, 5) is 0. The van der Waals surface area contributed by atoms with Crippen molar-refractivity contribution in [3.8, 4) is 0 Å². The summed E-state index contributed by atoms with van der Waals surface area (Å²) in [6.07, 6.45) is 1.91. The van der Waals surface area contributed by atoms with Crippen LogP contribution in [0.2, 0.25) is 0 Å². The van der Waals surface area contributed by atoms with E-state index in [-0.39, 0.29) is 5.56 Å². The zero-order chi connectivity index (χ0) is 10.9. The number of aryl methyl sites for hydroxylation is 1. The molecule has 0 saturated heterocycles. The average Bonchev–Trinajstić information content (AvgIpc) is 2.39. The van der Waals surface area contributed by atoms with Crippen LogP contribution in [0.1, 0.15) is 30.0 Å². The van der Waals surface area contributed by atoms with Gasteiger partial charge in [-0.1, -0.05) is 12.1 Å². The predicted octanol–water partition coefficient (Wildman–Crippen LogP) is 2.83. The lowest BCUT2D eigenvalue weighted by molar-refractivity contribution is 0.0174. The van der Waals surface area contributed by atoms with Crippen molar-refractivity contribution in [1.29, 1.82) is 0 Å². The molecular weight excluding hydrogens is 196 g/mol. The molecule has 82 valence electrons. The normalized spacial score (nSPS) is 17.0. The Hall–Kier alpha value is -0.960. The third-order valence-electron chi connectivity index (χ3n) is 2.83. The standard InChI is InChI=1S/C12H15F2N/c1-12(13,14)11-5-4-10-8-15-6-2-3-9(10)7-11/h4-5,7,15H,2-3,6,8H2,1H3. The Kier molecular flexibility index (Phi) is 2.74. The van der Waals surface area contributed by atoms with Gasteiger partial charge < -0.3 is 5.32 Å². The summed E-state index contributed by atoms with van der Waals surface area (Å²) in [7, 11) is 0. The van der Waals surface area contributed by atoms with Gasteiger partial charge in [-0.2, -0.15) is 0 Å².